The minimum absolute atomic E-state index is 0.0545. The van der Waals surface area contributed by atoms with E-state index in [9.17, 15) is 15.3 Å². The summed E-state index contributed by atoms with van der Waals surface area (Å²) in [6.07, 6.45) is -2.24. The number of hydrogen-bond donors (Lipinski definition) is 4. The first-order valence-electron chi connectivity index (χ1n) is 11.6. The third kappa shape index (κ3) is 9.36. The lowest BCUT2D eigenvalue weighted by atomic mass is 9.88. The number of pyridine rings is 1. The van der Waals surface area contributed by atoms with Crippen LogP contribution < -0.4 is 5.32 Å². The van der Waals surface area contributed by atoms with E-state index in [2.05, 4.69) is 10.3 Å². The summed E-state index contributed by atoms with van der Waals surface area (Å²) in [7, 11) is 3.34. The Balaban J connectivity index is 1.12. The number of fused-ring (bicyclic) bond motifs is 2. The highest BCUT2D eigenvalue weighted by Gasteiger charge is 2.59. The number of aromatic nitrogens is 1. The van der Waals surface area contributed by atoms with E-state index >= 15 is 0 Å². The largest absolute Gasteiger partial charge is 0.388 e. The summed E-state index contributed by atoms with van der Waals surface area (Å²) < 4.78 is 33.5. The van der Waals surface area contributed by atoms with Gasteiger partial charge in [-0.3, -0.25) is 5.32 Å². The number of rotatable bonds is 18. The Hall–Kier alpha value is -0.550. The van der Waals surface area contributed by atoms with E-state index in [0.29, 0.717) is 46.2 Å². The minimum atomic E-state index is -1.22. The lowest BCUT2D eigenvalue weighted by Crippen LogP contribution is -2.66. The van der Waals surface area contributed by atoms with Gasteiger partial charge in [-0.25, -0.2) is 4.98 Å². The van der Waals surface area contributed by atoms with E-state index in [0.717, 1.165) is 10.8 Å². The third-order valence-electron chi connectivity index (χ3n) is 5.36. The number of aliphatic hydroxyl groups is 3. The second kappa shape index (κ2) is 15.6. The van der Waals surface area contributed by atoms with E-state index in [1.165, 1.54) is 6.92 Å². The molecular formula is C22H36N2O9S2. The van der Waals surface area contributed by atoms with E-state index < -0.39 is 36.4 Å². The molecule has 2 fully saturated rings. The maximum Gasteiger partial charge on any atom is 0.176 e. The molecule has 200 valence electrons. The van der Waals surface area contributed by atoms with Gasteiger partial charge in [0.05, 0.1) is 65.5 Å². The highest BCUT2D eigenvalue weighted by atomic mass is 33.1. The fourth-order valence-electron chi connectivity index (χ4n) is 3.64. The monoisotopic (exact) mass is 536 g/mol. The van der Waals surface area contributed by atoms with Crippen molar-refractivity contribution in [3.05, 3.63) is 24.4 Å². The van der Waals surface area contributed by atoms with E-state index in [4.69, 9.17) is 28.4 Å². The molecular weight excluding hydrogens is 500 g/mol. The summed E-state index contributed by atoms with van der Waals surface area (Å²) >= 11 is 0. The van der Waals surface area contributed by atoms with Gasteiger partial charge in [0.2, 0.25) is 0 Å². The minimum Gasteiger partial charge on any atom is -0.388 e. The molecule has 13 heteroatoms. The maximum atomic E-state index is 10.5. The van der Waals surface area contributed by atoms with Gasteiger partial charge in [-0.05, 0) is 29.9 Å². The van der Waals surface area contributed by atoms with Crippen LogP contribution in [-0.4, -0.2) is 122 Å². The zero-order chi connectivity index (χ0) is 24.9. The molecule has 2 saturated heterocycles. The molecule has 35 heavy (non-hydrogen) atoms. The van der Waals surface area contributed by atoms with Crippen molar-refractivity contribution >= 4 is 21.6 Å². The van der Waals surface area contributed by atoms with Crippen LogP contribution in [0.4, 0.5) is 0 Å². The van der Waals surface area contributed by atoms with E-state index in [1.807, 2.05) is 18.2 Å². The van der Waals surface area contributed by atoms with E-state index in [-0.39, 0.29) is 13.2 Å². The predicted octanol–water partition coefficient (Wildman–Crippen LogP) is 0.0319. The van der Waals surface area contributed by atoms with Crippen LogP contribution in [0.15, 0.2) is 29.4 Å². The number of aliphatic hydroxyl groups excluding tert-OH is 3. The molecule has 0 aromatic carbocycles. The molecule has 1 unspecified atom stereocenters. The Bertz CT molecular complexity index is 709. The van der Waals surface area contributed by atoms with Gasteiger partial charge in [0, 0.05) is 11.9 Å². The summed E-state index contributed by atoms with van der Waals surface area (Å²) in [5.74, 6) is 0.874. The highest BCUT2D eigenvalue weighted by molar-refractivity contribution is 8.76. The molecule has 11 nitrogen and oxygen atoms in total. The van der Waals surface area contributed by atoms with Crippen molar-refractivity contribution in [2.45, 2.75) is 48.3 Å². The Morgan fingerprint density at radius 2 is 1.77 bits per heavy atom. The lowest BCUT2D eigenvalue weighted by Gasteiger charge is -2.43. The Morgan fingerprint density at radius 1 is 1.09 bits per heavy atom. The standard InChI is InChI=1S/C22H36N2O9S2/c1-16(25)24-18-19(26)20(27)22(15-32-21(18)33-22)14-31-11-10-29-7-6-28-8-9-30-12-13-34-35-17-4-2-3-5-23-17/h2-5,16,18-21,24-27H,6-15H2,1H3/t16?,18-,19-,20-,21+,22+/m1/s1. The van der Waals surface area contributed by atoms with Crippen LogP contribution >= 0.6 is 21.6 Å². The van der Waals surface area contributed by atoms with Crippen molar-refractivity contribution in [2.24, 2.45) is 0 Å². The second-order valence-corrected chi connectivity index (χ2v) is 10.6. The van der Waals surface area contributed by atoms with Crippen LogP contribution in [0.1, 0.15) is 6.92 Å². The molecule has 1 aromatic heterocycles. The van der Waals surface area contributed by atoms with Crippen molar-refractivity contribution in [1.29, 1.82) is 0 Å². The van der Waals surface area contributed by atoms with Crippen LogP contribution in [0.2, 0.25) is 0 Å². The summed E-state index contributed by atoms with van der Waals surface area (Å²) in [5.41, 5.74) is -1.14. The van der Waals surface area contributed by atoms with Gasteiger partial charge in [0.15, 0.2) is 6.29 Å². The molecule has 4 N–H and O–H groups in total. The normalized spacial score (nSPS) is 28.9. The lowest BCUT2D eigenvalue weighted by molar-refractivity contribution is -0.241. The first-order chi connectivity index (χ1) is 17.0. The average Bonchev–Trinajstić information content (AvgIpc) is 3.26. The molecule has 0 saturated carbocycles. The highest BCUT2D eigenvalue weighted by Crippen LogP contribution is 2.37. The van der Waals surface area contributed by atoms with Crippen LogP contribution in [0.25, 0.3) is 0 Å². The summed E-state index contributed by atoms with van der Waals surface area (Å²) in [4.78, 5) is 4.25. The number of ether oxygens (including phenoxy) is 6. The number of hydrogen-bond acceptors (Lipinski definition) is 13. The van der Waals surface area contributed by atoms with Gasteiger partial charge in [-0.2, -0.15) is 0 Å². The van der Waals surface area contributed by atoms with Crippen LogP contribution in [0.5, 0.6) is 0 Å². The van der Waals surface area contributed by atoms with Crippen molar-refractivity contribution in [3.8, 4) is 0 Å². The number of nitrogens with one attached hydrogen (secondary N) is 1. The molecule has 0 spiro atoms. The molecule has 3 heterocycles. The third-order valence-corrected chi connectivity index (χ3v) is 7.58. The fraction of sp³-hybridized carbons (Fsp3) is 0.773. The Kier molecular flexibility index (Phi) is 13.0. The zero-order valence-corrected chi connectivity index (χ0v) is 21.5. The van der Waals surface area contributed by atoms with Gasteiger partial charge >= 0.3 is 0 Å². The number of nitrogens with zero attached hydrogens (tertiary/aromatic N) is 1. The summed E-state index contributed by atoms with van der Waals surface area (Å²) in [6.45, 7) is 4.90. The van der Waals surface area contributed by atoms with Crippen molar-refractivity contribution in [3.63, 3.8) is 0 Å². The van der Waals surface area contributed by atoms with Gasteiger partial charge in [0.25, 0.3) is 0 Å². The molecule has 3 rings (SSSR count). The van der Waals surface area contributed by atoms with E-state index in [1.54, 1.807) is 27.8 Å². The first kappa shape index (κ1) is 29.0. The van der Waals surface area contributed by atoms with Crippen molar-refractivity contribution in [2.75, 3.05) is 65.2 Å². The van der Waals surface area contributed by atoms with Crippen LogP contribution in [-0.2, 0) is 28.4 Å². The van der Waals surface area contributed by atoms with Gasteiger partial charge in [0.1, 0.15) is 29.1 Å². The quantitative estimate of drug-likeness (QED) is 0.114. The molecule has 0 aliphatic carbocycles. The maximum absolute atomic E-state index is 10.5. The van der Waals surface area contributed by atoms with Gasteiger partial charge in [-0.1, -0.05) is 16.9 Å². The fourth-order valence-corrected chi connectivity index (χ4v) is 5.38. The van der Waals surface area contributed by atoms with Gasteiger partial charge < -0.3 is 43.7 Å². The van der Waals surface area contributed by atoms with Crippen LogP contribution in [0.3, 0.4) is 0 Å². The molecule has 1 aromatic rings. The predicted molar refractivity (Wildman–Crippen MR) is 130 cm³/mol. The Morgan fingerprint density at radius 3 is 2.43 bits per heavy atom. The topological polar surface area (TPSA) is 141 Å². The smallest absolute Gasteiger partial charge is 0.176 e. The average molecular weight is 537 g/mol. The molecule has 0 amide bonds. The van der Waals surface area contributed by atoms with Gasteiger partial charge in [-0.15, -0.1) is 0 Å². The first-order valence-corrected chi connectivity index (χ1v) is 13.9. The van der Waals surface area contributed by atoms with Crippen LogP contribution in [0, 0.1) is 0 Å². The zero-order valence-electron chi connectivity index (χ0n) is 19.8. The SMILES string of the molecule is CC(O)N[C@H]1[C@H]2OC[C@](COCCOCCOCCOCCSSc3ccccn3)(O2)[C@H](O)[C@@H]1O. The Labute approximate surface area is 213 Å². The molecule has 0 radical (unpaired) electrons. The molecule has 2 aliphatic heterocycles. The van der Waals surface area contributed by atoms with Crippen molar-refractivity contribution in [1.82, 2.24) is 10.3 Å². The second-order valence-electron chi connectivity index (χ2n) is 8.13. The molecule has 2 aliphatic rings. The van der Waals surface area contributed by atoms with Crippen molar-refractivity contribution < 1.29 is 43.7 Å². The molecule has 6 atom stereocenters. The molecule has 2 bridgehead atoms. The summed E-state index contributed by atoms with van der Waals surface area (Å²) in [6, 6.07) is 5.12. The summed E-state index contributed by atoms with van der Waals surface area (Å²) in [5, 5.41) is 34.2.